The number of benzene rings is 1. The smallest absolute Gasteiger partial charge is 0.237 e. The lowest BCUT2D eigenvalue weighted by molar-refractivity contribution is -0.115. The second kappa shape index (κ2) is 6.27. The molecule has 8 heteroatoms. The van der Waals surface area contributed by atoms with Gasteiger partial charge in [-0.2, -0.15) is 0 Å². The molecular weight excluding hydrogens is 304 g/mol. The van der Waals surface area contributed by atoms with Gasteiger partial charge in [-0.1, -0.05) is 11.8 Å². The molecule has 0 bridgehead atoms. The fourth-order valence-electron chi connectivity index (χ4n) is 1.95. The van der Waals surface area contributed by atoms with E-state index in [1.807, 2.05) is 13.8 Å². The lowest BCUT2D eigenvalue weighted by Gasteiger charge is -2.19. The largest absolute Gasteiger partial charge is 0.486 e. The van der Waals surface area contributed by atoms with E-state index in [0.29, 0.717) is 35.6 Å². The van der Waals surface area contributed by atoms with Gasteiger partial charge in [-0.25, -0.2) is 4.98 Å². The molecule has 0 fully saturated rings. The van der Waals surface area contributed by atoms with Crippen molar-refractivity contribution in [3.05, 3.63) is 24.0 Å². The minimum atomic E-state index is -0.316. The van der Waals surface area contributed by atoms with E-state index < -0.39 is 0 Å². The van der Waals surface area contributed by atoms with Crippen LogP contribution in [0.1, 0.15) is 12.7 Å². The molecule has 1 aliphatic heterocycles. The number of hydrogen-bond acceptors (Lipinski definition) is 6. The average molecular weight is 320 g/mol. The Labute approximate surface area is 131 Å². The van der Waals surface area contributed by atoms with Crippen LogP contribution in [0.5, 0.6) is 11.5 Å². The van der Waals surface area contributed by atoms with Gasteiger partial charge in [-0.15, -0.1) is 5.10 Å². The summed E-state index contributed by atoms with van der Waals surface area (Å²) in [5.74, 6) is 1.95. The summed E-state index contributed by atoms with van der Waals surface area (Å²) < 4.78 is 10.9. The number of carbonyl (C=O) groups is 1. The molecule has 22 heavy (non-hydrogen) atoms. The number of ether oxygens (including phenoxy) is 2. The van der Waals surface area contributed by atoms with Crippen LogP contribution in [0.3, 0.4) is 0 Å². The number of nitrogens with zero attached hydrogens (tertiary/aromatic N) is 2. The second-order valence-electron chi connectivity index (χ2n) is 4.81. The molecule has 3 rings (SSSR count). The van der Waals surface area contributed by atoms with Crippen molar-refractivity contribution in [1.29, 1.82) is 0 Å². The van der Waals surface area contributed by atoms with E-state index in [4.69, 9.17) is 9.47 Å². The van der Waals surface area contributed by atoms with Gasteiger partial charge in [0, 0.05) is 11.8 Å². The number of aromatic amines is 1. The number of hydrogen-bond donors (Lipinski definition) is 2. The number of H-pyrrole nitrogens is 1. The summed E-state index contributed by atoms with van der Waals surface area (Å²) in [5, 5.41) is 9.87. The zero-order chi connectivity index (χ0) is 15.5. The molecule has 2 aromatic rings. The molecule has 7 nitrogen and oxygen atoms in total. The van der Waals surface area contributed by atoms with E-state index in [-0.39, 0.29) is 11.2 Å². The van der Waals surface area contributed by atoms with Gasteiger partial charge in [0.1, 0.15) is 19.0 Å². The summed E-state index contributed by atoms with van der Waals surface area (Å²) in [6.45, 7) is 4.68. The van der Waals surface area contributed by atoms with Crippen LogP contribution in [0.2, 0.25) is 0 Å². The first-order chi connectivity index (χ1) is 10.6. The lowest BCUT2D eigenvalue weighted by Crippen LogP contribution is -2.23. The number of rotatable bonds is 4. The number of aryl methyl sites for hydroxylation is 1. The van der Waals surface area contributed by atoms with Gasteiger partial charge >= 0.3 is 0 Å². The van der Waals surface area contributed by atoms with Gasteiger partial charge in [0.25, 0.3) is 0 Å². The quantitative estimate of drug-likeness (QED) is 0.838. The van der Waals surface area contributed by atoms with E-state index in [9.17, 15) is 4.79 Å². The predicted molar refractivity (Wildman–Crippen MR) is 82.5 cm³/mol. The molecule has 0 aliphatic carbocycles. The number of aromatic nitrogens is 3. The molecular formula is C14H16N4O3S. The molecule has 0 radical (unpaired) electrons. The highest BCUT2D eigenvalue weighted by Gasteiger charge is 2.18. The second-order valence-corrected chi connectivity index (χ2v) is 6.12. The van der Waals surface area contributed by atoms with Gasteiger partial charge in [0.2, 0.25) is 11.1 Å². The maximum absolute atomic E-state index is 12.2. The molecule has 0 saturated carbocycles. The van der Waals surface area contributed by atoms with Crippen LogP contribution in [0.25, 0.3) is 0 Å². The normalized spacial score (nSPS) is 14.5. The number of carbonyl (C=O) groups excluding carboxylic acids is 1. The Kier molecular flexibility index (Phi) is 4.19. The monoisotopic (exact) mass is 320 g/mol. The Morgan fingerprint density at radius 3 is 2.86 bits per heavy atom. The first kappa shape index (κ1) is 14.7. The van der Waals surface area contributed by atoms with Crippen LogP contribution < -0.4 is 14.8 Å². The van der Waals surface area contributed by atoms with Crippen molar-refractivity contribution in [3.8, 4) is 11.5 Å². The zero-order valence-electron chi connectivity index (χ0n) is 12.3. The van der Waals surface area contributed by atoms with E-state index >= 15 is 0 Å². The number of nitrogens with one attached hydrogen (secondary N) is 2. The highest BCUT2D eigenvalue weighted by Crippen LogP contribution is 2.32. The Balaban J connectivity index is 1.63. The summed E-state index contributed by atoms with van der Waals surface area (Å²) >= 11 is 1.30. The summed E-state index contributed by atoms with van der Waals surface area (Å²) in [6, 6.07) is 5.35. The topological polar surface area (TPSA) is 89.1 Å². The van der Waals surface area contributed by atoms with E-state index in [2.05, 4.69) is 20.5 Å². The van der Waals surface area contributed by atoms with Crippen molar-refractivity contribution in [2.45, 2.75) is 24.3 Å². The Hall–Kier alpha value is -2.22. The predicted octanol–water partition coefficient (Wildman–Crippen LogP) is 2.00. The highest BCUT2D eigenvalue weighted by molar-refractivity contribution is 8.00. The maximum atomic E-state index is 12.2. The summed E-state index contributed by atoms with van der Waals surface area (Å²) in [5.41, 5.74) is 0.674. The molecule has 2 heterocycles. The first-order valence-electron chi connectivity index (χ1n) is 6.88. The third kappa shape index (κ3) is 3.33. The van der Waals surface area contributed by atoms with Gasteiger partial charge in [-0.05, 0) is 26.0 Å². The zero-order valence-corrected chi connectivity index (χ0v) is 13.1. The van der Waals surface area contributed by atoms with Crippen LogP contribution in [-0.4, -0.2) is 39.6 Å². The van der Waals surface area contributed by atoms with Gasteiger partial charge in [0.05, 0.1) is 5.25 Å². The van der Waals surface area contributed by atoms with E-state index in [1.165, 1.54) is 11.8 Å². The van der Waals surface area contributed by atoms with Crippen molar-refractivity contribution in [2.24, 2.45) is 0 Å². The van der Waals surface area contributed by atoms with Gasteiger partial charge < -0.3 is 14.8 Å². The number of amides is 1. The van der Waals surface area contributed by atoms with Gasteiger partial charge in [-0.3, -0.25) is 9.89 Å². The third-order valence-corrected chi connectivity index (χ3v) is 4.00. The van der Waals surface area contributed by atoms with E-state index in [0.717, 1.165) is 5.82 Å². The first-order valence-corrected chi connectivity index (χ1v) is 7.76. The average Bonchev–Trinajstić information content (AvgIpc) is 2.92. The van der Waals surface area contributed by atoms with Gasteiger partial charge in [0.15, 0.2) is 11.5 Å². The minimum Gasteiger partial charge on any atom is -0.486 e. The number of fused-ring (bicyclic) bond motifs is 1. The number of thioether (sulfide) groups is 1. The molecule has 116 valence electrons. The van der Waals surface area contributed by atoms with Crippen molar-refractivity contribution in [2.75, 3.05) is 18.5 Å². The summed E-state index contributed by atoms with van der Waals surface area (Å²) in [7, 11) is 0. The molecule has 2 N–H and O–H groups in total. The Morgan fingerprint density at radius 2 is 2.14 bits per heavy atom. The van der Waals surface area contributed by atoms with Crippen LogP contribution in [0.15, 0.2) is 23.4 Å². The Morgan fingerprint density at radius 1 is 1.36 bits per heavy atom. The molecule has 1 aromatic heterocycles. The number of anilines is 1. The van der Waals surface area contributed by atoms with Crippen molar-refractivity contribution >= 4 is 23.4 Å². The molecule has 1 aliphatic rings. The molecule has 1 unspecified atom stereocenters. The highest BCUT2D eigenvalue weighted by atomic mass is 32.2. The van der Waals surface area contributed by atoms with Crippen molar-refractivity contribution < 1.29 is 14.3 Å². The molecule has 0 saturated heterocycles. The molecule has 0 spiro atoms. The third-order valence-electron chi connectivity index (χ3n) is 3.04. The SMILES string of the molecule is Cc1nc(SC(C)C(=O)Nc2ccc3c(c2)OCCO3)n[nH]1. The molecule has 1 amide bonds. The fraction of sp³-hybridized carbons (Fsp3) is 0.357. The van der Waals surface area contributed by atoms with Crippen LogP contribution in [0, 0.1) is 6.92 Å². The summed E-state index contributed by atoms with van der Waals surface area (Å²) in [4.78, 5) is 16.4. The van der Waals surface area contributed by atoms with Crippen LogP contribution in [-0.2, 0) is 4.79 Å². The van der Waals surface area contributed by atoms with Crippen molar-refractivity contribution in [3.63, 3.8) is 0 Å². The lowest BCUT2D eigenvalue weighted by atomic mass is 10.2. The molecule has 1 aromatic carbocycles. The van der Waals surface area contributed by atoms with Crippen LogP contribution in [0.4, 0.5) is 5.69 Å². The minimum absolute atomic E-state index is 0.121. The van der Waals surface area contributed by atoms with Crippen LogP contribution >= 0.6 is 11.8 Å². The maximum Gasteiger partial charge on any atom is 0.237 e. The fourth-order valence-corrected chi connectivity index (χ4v) is 2.72. The summed E-state index contributed by atoms with van der Waals surface area (Å²) in [6.07, 6.45) is 0. The standard InChI is InChI=1S/C14H16N4O3S/c1-8(22-14-15-9(2)17-18-14)13(19)16-10-3-4-11-12(7-10)21-6-5-20-11/h3-4,7-8H,5-6H2,1-2H3,(H,16,19)(H,15,17,18). The molecule has 1 atom stereocenters. The Bertz CT molecular complexity index is 688. The van der Waals surface area contributed by atoms with Crippen molar-refractivity contribution in [1.82, 2.24) is 15.2 Å². The van der Waals surface area contributed by atoms with E-state index in [1.54, 1.807) is 18.2 Å².